The standard InChI is InChI=1S/C16H26N2/c1-11-5-6-12(2)15(9-11)16(10-17)18(4)13(3)14-7-8-14/h5-6,9,13-14,16H,7-8,10,17H2,1-4H3. The van der Waals surface area contributed by atoms with Crippen molar-refractivity contribution in [3.05, 3.63) is 34.9 Å². The molecule has 0 radical (unpaired) electrons. The van der Waals surface area contributed by atoms with Crippen molar-refractivity contribution >= 4 is 0 Å². The van der Waals surface area contributed by atoms with Gasteiger partial charge in [-0.25, -0.2) is 0 Å². The first-order chi connectivity index (χ1) is 8.54. The van der Waals surface area contributed by atoms with Gasteiger partial charge in [0.05, 0.1) is 0 Å². The highest BCUT2D eigenvalue weighted by atomic mass is 15.2. The Morgan fingerprint density at radius 2 is 2.00 bits per heavy atom. The molecule has 2 atom stereocenters. The number of likely N-dealkylation sites (N-methyl/N-ethyl adjacent to an activating group) is 1. The average Bonchev–Trinajstić information content (AvgIpc) is 3.17. The predicted octanol–water partition coefficient (Wildman–Crippen LogP) is 3.03. The van der Waals surface area contributed by atoms with Gasteiger partial charge in [-0.2, -0.15) is 0 Å². The SMILES string of the molecule is Cc1ccc(C)c(C(CN)N(C)C(C)C2CC2)c1. The molecule has 0 saturated heterocycles. The Morgan fingerprint density at radius 1 is 1.33 bits per heavy atom. The Balaban J connectivity index is 2.23. The van der Waals surface area contributed by atoms with E-state index in [0.717, 1.165) is 5.92 Å². The lowest BCUT2D eigenvalue weighted by Crippen LogP contribution is -2.38. The van der Waals surface area contributed by atoms with Crippen LogP contribution in [0, 0.1) is 19.8 Å². The normalized spacial score (nSPS) is 19.0. The molecular formula is C16H26N2. The topological polar surface area (TPSA) is 29.3 Å². The van der Waals surface area contributed by atoms with Gasteiger partial charge < -0.3 is 5.73 Å². The van der Waals surface area contributed by atoms with E-state index >= 15 is 0 Å². The van der Waals surface area contributed by atoms with Crippen LogP contribution in [0.25, 0.3) is 0 Å². The van der Waals surface area contributed by atoms with Crippen molar-refractivity contribution in [2.24, 2.45) is 11.7 Å². The summed E-state index contributed by atoms with van der Waals surface area (Å²) in [6.45, 7) is 7.37. The molecule has 2 rings (SSSR count). The molecule has 1 aliphatic rings. The van der Waals surface area contributed by atoms with Crippen molar-refractivity contribution in [2.75, 3.05) is 13.6 Å². The van der Waals surface area contributed by atoms with Crippen LogP contribution in [0.5, 0.6) is 0 Å². The minimum Gasteiger partial charge on any atom is -0.329 e. The van der Waals surface area contributed by atoms with Crippen LogP contribution in [-0.2, 0) is 0 Å². The maximum absolute atomic E-state index is 6.04. The molecule has 0 spiro atoms. The number of hydrogen-bond donors (Lipinski definition) is 1. The Morgan fingerprint density at radius 3 is 2.56 bits per heavy atom. The summed E-state index contributed by atoms with van der Waals surface area (Å²) in [4.78, 5) is 2.47. The first-order valence-corrected chi connectivity index (χ1v) is 7.03. The first-order valence-electron chi connectivity index (χ1n) is 7.03. The molecule has 2 N–H and O–H groups in total. The second-order valence-corrected chi connectivity index (χ2v) is 5.86. The van der Waals surface area contributed by atoms with Crippen LogP contribution >= 0.6 is 0 Å². The molecule has 0 aliphatic heterocycles. The van der Waals surface area contributed by atoms with Crippen molar-refractivity contribution < 1.29 is 0 Å². The van der Waals surface area contributed by atoms with Crippen molar-refractivity contribution in [3.63, 3.8) is 0 Å². The minimum absolute atomic E-state index is 0.348. The molecule has 0 heterocycles. The van der Waals surface area contributed by atoms with Crippen molar-refractivity contribution in [3.8, 4) is 0 Å². The molecule has 1 aliphatic carbocycles. The van der Waals surface area contributed by atoms with Gasteiger partial charge in [-0.3, -0.25) is 4.90 Å². The molecule has 0 bridgehead atoms. The molecule has 1 aromatic carbocycles. The summed E-state index contributed by atoms with van der Waals surface area (Å²) < 4.78 is 0. The lowest BCUT2D eigenvalue weighted by atomic mass is 9.96. The van der Waals surface area contributed by atoms with Gasteiger partial charge in [-0.1, -0.05) is 23.8 Å². The predicted molar refractivity (Wildman–Crippen MR) is 77.7 cm³/mol. The summed E-state index contributed by atoms with van der Waals surface area (Å²) in [6.07, 6.45) is 2.77. The fraction of sp³-hybridized carbons (Fsp3) is 0.625. The number of aryl methyl sites for hydroxylation is 2. The van der Waals surface area contributed by atoms with E-state index in [1.165, 1.54) is 29.5 Å². The van der Waals surface area contributed by atoms with Crippen LogP contribution < -0.4 is 5.73 Å². The molecule has 0 aromatic heterocycles. The molecule has 1 fully saturated rings. The molecule has 0 amide bonds. The maximum Gasteiger partial charge on any atom is 0.0473 e. The molecule has 2 heteroatoms. The zero-order valence-electron chi connectivity index (χ0n) is 12.1. The van der Waals surface area contributed by atoms with Gasteiger partial charge >= 0.3 is 0 Å². The molecule has 1 saturated carbocycles. The zero-order valence-corrected chi connectivity index (χ0v) is 12.1. The monoisotopic (exact) mass is 246 g/mol. The van der Waals surface area contributed by atoms with Gasteiger partial charge in [0.15, 0.2) is 0 Å². The number of nitrogens with zero attached hydrogens (tertiary/aromatic N) is 1. The van der Waals surface area contributed by atoms with Gasteiger partial charge in [0, 0.05) is 18.6 Å². The third-order valence-electron chi connectivity index (χ3n) is 4.46. The summed E-state index contributed by atoms with van der Waals surface area (Å²) >= 11 is 0. The number of rotatable bonds is 5. The van der Waals surface area contributed by atoms with E-state index in [2.05, 4.69) is 50.9 Å². The van der Waals surface area contributed by atoms with Crippen LogP contribution in [0.1, 0.15) is 42.5 Å². The Labute approximate surface area is 111 Å². The van der Waals surface area contributed by atoms with E-state index in [9.17, 15) is 0 Å². The highest BCUT2D eigenvalue weighted by Gasteiger charge is 2.33. The van der Waals surface area contributed by atoms with E-state index in [4.69, 9.17) is 5.73 Å². The second-order valence-electron chi connectivity index (χ2n) is 5.86. The summed E-state index contributed by atoms with van der Waals surface area (Å²) in [7, 11) is 2.22. The molecule has 1 aromatic rings. The van der Waals surface area contributed by atoms with Crippen LogP contribution in [0.2, 0.25) is 0 Å². The summed E-state index contributed by atoms with van der Waals surface area (Å²) in [5.74, 6) is 0.883. The third kappa shape index (κ3) is 2.76. The maximum atomic E-state index is 6.04. The quantitative estimate of drug-likeness (QED) is 0.865. The van der Waals surface area contributed by atoms with Gasteiger partial charge in [-0.05, 0) is 57.7 Å². The lowest BCUT2D eigenvalue weighted by Gasteiger charge is -2.34. The van der Waals surface area contributed by atoms with E-state index in [1.54, 1.807) is 0 Å². The van der Waals surface area contributed by atoms with Crippen LogP contribution in [-0.4, -0.2) is 24.5 Å². The van der Waals surface area contributed by atoms with Gasteiger partial charge in [0.1, 0.15) is 0 Å². The molecule has 100 valence electrons. The van der Waals surface area contributed by atoms with Crippen molar-refractivity contribution in [1.82, 2.24) is 4.90 Å². The summed E-state index contributed by atoms with van der Waals surface area (Å²) in [5.41, 5.74) is 10.1. The van der Waals surface area contributed by atoms with Gasteiger partial charge in [0.25, 0.3) is 0 Å². The highest BCUT2D eigenvalue weighted by molar-refractivity contribution is 5.33. The smallest absolute Gasteiger partial charge is 0.0473 e. The number of hydrogen-bond acceptors (Lipinski definition) is 2. The minimum atomic E-state index is 0.348. The Bertz CT molecular complexity index is 410. The van der Waals surface area contributed by atoms with Crippen LogP contribution in [0.15, 0.2) is 18.2 Å². The highest BCUT2D eigenvalue weighted by Crippen LogP contribution is 2.37. The van der Waals surface area contributed by atoms with Gasteiger partial charge in [-0.15, -0.1) is 0 Å². The number of benzene rings is 1. The fourth-order valence-corrected chi connectivity index (χ4v) is 2.83. The van der Waals surface area contributed by atoms with Crippen LogP contribution in [0.4, 0.5) is 0 Å². The Hall–Kier alpha value is -0.860. The third-order valence-corrected chi connectivity index (χ3v) is 4.46. The lowest BCUT2D eigenvalue weighted by molar-refractivity contribution is 0.171. The van der Waals surface area contributed by atoms with E-state index in [1.807, 2.05) is 0 Å². The molecule has 2 nitrogen and oxygen atoms in total. The summed E-state index contributed by atoms with van der Waals surface area (Å²) in [5, 5.41) is 0. The van der Waals surface area contributed by atoms with Crippen molar-refractivity contribution in [2.45, 2.75) is 45.7 Å². The van der Waals surface area contributed by atoms with E-state index in [-0.39, 0.29) is 0 Å². The number of nitrogens with two attached hydrogens (primary N) is 1. The fourth-order valence-electron chi connectivity index (χ4n) is 2.83. The van der Waals surface area contributed by atoms with Crippen LogP contribution in [0.3, 0.4) is 0 Å². The second kappa shape index (κ2) is 5.41. The van der Waals surface area contributed by atoms with Crippen molar-refractivity contribution in [1.29, 1.82) is 0 Å². The zero-order chi connectivity index (χ0) is 13.3. The van der Waals surface area contributed by atoms with E-state index < -0.39 is 0 Å². The largest absolute Gasteiger partial charge is 0.329 e. The molecule has 2 unspecified atom stereocenters. The molecular weight excluding hydrogens is 220 g/mol. The van der Waals surface area contributed by atoms with Gasteiger partial charge in [0.2, 0.25) is 0 Å². The molecule has 18 heavy (non-hydrogen) atoms. The summed E-state index contributed by atoms with van der Waals surface area (Å²) in [6, 6.07) is 7.67. The Kier molecular flexibility index (Phi) is 4.08. The first kappa shape index (κ1) is 13.6. The van der Waals surface area contributed by atoms with E-state index in [0.29, 0.717) is 18.6 Å². The average molecular weight is 246 g/mol.